The lowest BCUT2D eigenvalue weighted by molar-refractivity contribution is 0.00460. The Kier molecular flexibility index (Phi) is 66.4. The minimum Gasteiger partial charge on any atom is -0.244 e. The van der Waals surface area contributed by atoms with Gasteiger partial charge in [0, 0.05) is 10.8 Å². The van der Waals surface area contributed by atoms with Crippen molar-refractivity contribution in [2.75, 3.05) is 0 Å². The summed E-state index contributed by atoms with van der Waals surface area (Å²) >= 11 is 0. The van der Waals surface area contributed by atoms with Gasteiger partial charge in [0.1, 0.15) is 51.0 Å². The molecule has 7 atom stereocenters. The van der Waals surface area contributed by atoms with Gasteiger partial charge in [-0.3, -0.25) is 0 Å². The van der Waals surface area contributed by atoms with Crippen molar-refractivity contribution in [2.45, 2.75) is 489 Å². The Balaban J connectivity index is -0.000000126. The summed E-state index contributed by atoms with van der Waals surface area (Å²) in [7, 11) is 0. The fourth-order valence-corrected chi connectivity index (χ4v) is 14.2. The van der Waals surface area contributed by atoms with E-state index in [2.05, 4.69) is 125 Å². The standard InChI is InChI=1S/C12H25F.2C11H23F.2C10H21F.C9H19F.2C8H17F.C7H15F/c1-7-8-12(6,13)11(9(2)3)10(4)5;1-7-11(6,12)10(8(2)3)9(4)5;1-6-9-11(5,12)10(4,7-2)8-3;1-6-9(4,7-2)10(5,11)8-3;1-5-8-10(4,11)9(6-2)7-3;1-5-8(6-2)9(4,10)7-3;1-6(2)8(5,9)7(3)4;1-4-6-8(3,9)7-5-2;1-4-6-7(3,8)5-2/h9-11H,7-8H2,1-6H3;8-10H,7H2,1-6H3;6-9H2,1-5H3;6-8H2,1-5H3;9H,5-8H2,1-4H3;8H,5-7H2,1-4H3;6-7H,1-5H3;4-7H2,1-3H3;4-6H2,1-3H3/t12-;2*11-;2*10-;9-;;;7-/m000000..0/s1. The van der Waals surface area contributed by atoms with E-state index in [1.54, 1.807) is 62.3 Å². The second-order valence-corrected chi connectivity index (χ2v) is 33.3. The first kappa shape index (κ1) is 113. The second-order valence-electron chi connectivity index (χ2n) is 33.3. The molecule has 0 unspecified atom stereocenters. The van der Waals surface area contributed by atoms with Crippen LogP contribution in [-0.2, 0) is 0 Å². The number of alkyl halides is 9. The zero-order chi connectivity index (χ0) is 78.2. The van der Waals surface area contributed by atoms with Gasteiger partial charge < -0.3 is 0 Å². The summed E-state index contributed by atoms with van der Waals surface area (Å²) in [5, 5.41) is 0. The van der Waals surface area contributed by atoms with E-state index in [9.17, 15) is 39.5 Å². The number of rotatable bonds is 36. The predicted molar refractivity (Wildman–Crippen MR) is 418 cm³/mol. The fraction of sp³-hybridized carbons (Fsp3) is 1.00. The Labute approximate surface area is 595 Å². The van der Waals surface area contributed by atoms with E-state index in [-0.39, 0.29) is 46.3 Å². The van der Waals surface area contributed by atoms with Gasteiger partial charge in [-0.2, -0.15) is 0 Å². The molecular weight excluding hydrogens is 1200 g/mol. The highest BCUT2D eigenvalue weighted by molar-refractivity contribution is 4.93. The van der Waals surface area contributed by atoms with E-state index in [1.807, 2.05) is 96.9 Å². The van der Waals surface area contributed by atoms with Crippen molar-refractivity contribution in [3.05, 3.63) is 0 Å². The van der Waals surface area contributed by atoms with E-state index in [0.717, 1.165) is 89.9 Å². The van der Waals surface area contributed by atoms with E-state index in [0.29, 0.717) is 87.9 Å². The highest BCUT2D eigenvalue weighted by Gasteiger charge is 2.43. The average Bonchev–Trinajstić information content (AvgIpc) is 0.856. The normalized spacial score (nSPS) is 16.5. The molecule has 0 bridgehead atoms. The van der Waals surface area contributed by atoms with Crippen LogP contribution in [0.1, 0.15) is 438 Å². The molecule has 0 nitrogen and oxygen atoms in total. The molecule has 0 aliphatic carbocycles. The van der Waals surface area contributed by atoms with Crippen LogP contribution in [0, 0.1) is 70.0 Å². The van der Waals surface area contributed by atoms with Gasteiger partial charge in [0.2, 0.25) is 0 Å². The summed E-state index contributed by atoms with van der Waals surface area (Å²) in [6.07, 6.45) is 19.9. The SMILES string of the molecule is CC(C)C(C)(F)C(C)C.CCC(C)(CC)[C@@](C)(F)CC.CCC(CC)[C@@](C)(F)CC.CCCC(C)(F)CCC.CCC[C@@](C)(F)CC.CCC[C@](C)(F)C(C(C)C)C(C)C.CCC[C@](C)(F)C(C)(CC)CC.CCC[C@](C)(F)C(CC)CC.CC[C@](C)(F)C(C(C)C)C(C)C. The van der Waals surface area contributed by atoms with Crippen LogP contribution < -0.4 is 0 Å². The minimum absolute atomic E-state index is 0.123. The van der Waals surface area contributed by atoms with Crippen LogP contribution >= 0.6 is 0 Å². The van der Waals surface area contributed by atoms with E-state index in [4.69, 9.17) is 0 Å². The molecule has 0 aliphatic rings. The quantitative estimate of drug-likeness (QED) is 0.0549. The molecule has 0 fully saturated rings. The van der Waals surface area contributed by atoms with Crippen molar-refractivity contribution >= 4 is 0 Å². The third kappa shape index (κ3) is 49.6. The maximum atomic E-state index is 14.3. The molecule has 95 heavy (non-hydrogen) atoms. The molecule has 0 aromatic rings. The van der Waals surface area contributed by atoms with Gasteiger partial charge in [-0.15, -0.1) is 0 Å². The van der Waals surface area contributed by atoms with E-state index >= 15 is 0 Å². The van der Waals surface area contributed by atoms with E-state index in [1.165, 1.54) is 0 Å². The third-order valence-corrected chi connectivity index (χ3v) is 23.1. The van der Waals surface area contributed by atoms with Crippen LogP contribution in [0.2, 0.25) is 0 Å². The van der Waals surface area contributed by atoms with E-state index < -0.39 is 51.0 Å². The van der Waals surface area contributed by atoms with Crippen molar-refractivity contribution in [3.63, 3.8) is 0 Å². The minimum atomic E-state index is -1.00. The summed E-state index contributed by atoms with van der Waals surface area (Å²) in [4.78, 5) is 0. The Morgan fingerprint density at radius 3 is 0.632 bits per heavy atom. The zero-order valence-corrected chi connectivity index (χ0v) is 72.6. The molecule has 0 saturated heterocycles. The topological polar surface area (TPSA) is 0 Å². The van der Waals surface area contributed by atoms with Crippen molar-refractivity contribution in [1.82, 2.24) is 0 Å². The van der Waals surface area contributed by atoms with Crippen LogP contribution in [0.15, 0.2) is 0 Å². The van der Waals surface area contributed by atoms with Crippen molar-refractivity contribution < 1.29 is 39.5 Å². The van der Waals surface area contributed by atoms with Gasteiger partial charge in [-0.25, -0.2) is 39.5 Å². The molecule has 0 rings (SSSR count). The predicted octanol–water partition coefficient (Wildman–Crippen LogP) is 33.6. The molecular formula is C86H181F9. The summed E-state index contributed by atoms with van der Waals surface area (Å²) in [5.74, 6) is 2.84. The molecule has 0 spiro atoms. The summed E-state index contributed by atoms with van der Waals surface area (Å²) in [6, 6.07) is 0. The van der Waals surface area contributed by atoms with Crippen molar-refractivity contribution in [2.24, 2.45) is 70.0 Å². The molecule has 0 radical (unpaired) electrons. The summed E-state index contributed by atoms with van der Waals surface area (Å²) in [5.41, 5.74) is -8.94. The molecule has 0 heterocycles. The highest BCUT2D eigenvalue weighted by Crippen LogP contribution is 2.45. The lowest BCUT2D eigenvalue weighted by Gasteiger charge is -2.39. The number of halogens is 9. The summed E-state index contributed by atoms with van der Waals surface area (Å²) in [6.45, 7) is 80.5. The van der Waals surface area contributed by atoms with Crippen LogP contribution in [-0.4, -0.2) is 51.0 Å². The first-order valence-electron chi connectivity index (χ1n) is 40.0. The second kappa shape index (κ2) is 55.9. The third-order valence-electron chi connectivity index (χ3n) is 23.1. The van der Waals surface area contributed by atoms with Gasteiger partial charge in [-0.05, 0) is 211 Å². The Hall–Kier alpha value is -0.630. The zero-order valence-electron chi connectivity index (χ0n) is 72.6. The maximum absolute atomic E-state index is 14.3. The Morgan fingerprint density at radius 2 is 0.474 bits per heavy atom. The molecule has 0 N–H and O–H groups in total. The fourth-order valence-electron chi connectivity index (χ4n) is 14.2. The highest BCUT2D eigenvalue weighted by atomic mass is 19.2. The number of hydrogen-bond donors (Lipinski definition) is 0. The molecule has 0 aromatic carbocycles. The van der Waals surface area contributed by atoms with Crippen LogP contribution in [0.5, 0.6) is 0 Å². The summed E-state index contributed by atoms with van der Waals surface area (Å²) < 4.78 is 123. The first-order valence-corrected chi connectivity index (χ1v) is 40.0. The van der Waals surface area contributed by atoms with Crippen molar-refractivity contribution in [1.29, 1.82) is 0 Å². The molecule has 588 valence electrons. The van der Waals surface area contributed by atoms with Gasteiger partial charge in [-0.1, -0.05) is 286 Å². The van der Waals surface area contributed by atoms with Gasteiger partial charge in [0.25, 0.3) is 0 Å². The smallest absolute Gasteiger partial charge is 0.113 e. The van der Waals surface area contributed by atoms with Crippen LogP contribution in [0.4, 0.5) is 39.5 Å². The Bertz CT molecular complexity index is 1600. The number of hydrogen-bond acceptors (Lipinski definition) is 0. The lowest BCUT2D eigenvalue weighted by atomic mass is 9.70. The molecule has 0 saturated carbocycles. The molecule has 9 heteroatoms. The maximum Gasteiger partial charge on any atom is 0.113 e. The molecule has 0 amide bonds. The largest absolute Gasteiger partial charge is 0.244 e. The van der Waals surface area contributed by atoms with Gasteiger partial charge in [0.15, 0.2) is 0 Å². The van der Waals surface area contributed by atoms with Crippen molar-refractivity contribution in [3.8, 4) is 0 Å². The molecule has 0 aliphatic heterocycles. The monoisotopic (exact) mass is 1390 g/mol. The van der Waals surface area contributed by atoms with Gasteiger partial charge in [0.05, 0.1) is 0 Å². The Morgan fingerprint density at radius 1 is 0.232 bits per heavy atom. The lowest BCUT2D eigenvalue weighted by Crippen LogP contribution is -2.39. The molecule has 0 aromatic heterocycles. The van der Waals surface area contributed by atoms with Gasteiger partial charge >= 0.3 is 0 Å². The van der Waals surface area contributed by atoms with Crippen LogP contribution in [0.25, 0.3) is 0 Å². The first-order chi connectivity index (χ1) is 42.8. The average molecular weight is 1390 g/mol. The van der Waals surface area contributed by atoms with Crippen LogP contribution in [0.3, 0.4) is 0 Å².